The smallest absolute Gasteiger partial charge is 0.164 e. The number of rotatable bonds is 2. The zero-order valence-corrected chi connectivity index (χ0v) is 24.0. The van der Waals surface area contributed by atoms with Crippen molar-refractivity contribution in [1.82, 2.24) is 4.98 Å². The second kappa shape index (κ2) is 11.4. The number of pyridine rings is 1. The van der Waals surface area contributed by atoms with Crippen LogP contribution in [0.5, 0.6) is 0 Å². The van der Waals surface area contributed by atoms with E-state index in [1.54, 1.807) is 6.07 Å². The fourth-order valence-corrected chi connectivity index (χ4v) is 3.10. The first-order valence-corrected chi connectivity index (χ1v) is 11.1. The SMILES string of the molecule is CC(C)(C)C(=O)/C=C(\O)C(C)(C)C.Cc1[c-]c(-c2cc(C)c3cc(F)ccc3n2)cc(C)c1.[Ir]. The summed E-state index contributed by atoms with van der Waals surface area (Å²) in [5, 5.41) is 10.4. The molecule has 0 aliphatic rings. The number of nitrogens with zero attached hydrogens (tertiary/aromatic N) is 1. The fraction of sp³-hybridized carbons (Fsp3) is 0.379. The third-order valence-corrected chi connectivity index (χ3v) is 5.18. The van der Waals surface area contributed by atoms with E-state index in [0.29, 0.717) is 0 Å². The van der Waals surface area contributed by atoms with E-state index < -0.39 is 5.41 Å². The molecule has 0 aliphatic heterocycles. The van der Waals surface area contributed by atoms with E-state index in [-0.39, 0.29) is 42.9 Å². The summed E-state index contributed by atoms with van der Waals surface area (Å²) in [7, 11) is 0. The molecule has 0 spiro atoms. The van der Waals surface area contributed by atoms with Crippen LogP contribution in [0.2, 0.25) is 0 Å². The summed E-state index contributed by atoms with van der Waals surface area (Å²) in [5.74, 6) is -0.125. The summed E-state index contributed by atoms with van der Waals surface area (Å²) >= 11 is 0. The van der Waals surface area contributed by atoms with E-state index in [9.17, 15) is 14.3 Å². The van der Waals surface area contributed by atoms with Gasteiger partial charge in [0.1, 0.15) is 11.6 Å². The number of fused-ring (bicyclic) bond motifs is 1. The summed E-state index contributed by atoms with van der Waals surface area (Å²) in [5.41, 5.74) is 5.23. The summed E-state index contributed by atoms with van der Waals surface area (Å²) in [4.78, 5) is 16.1. The van der Waals surface area contributed by atoms with Crippen molar-refractivity contribution in [3.8, 4) is 11.3 Å². The number of carbonyl (C=O) groups excluding carboxylic acids is 1. The molecule has 3 rings (SSSR count). The number of aryl methyl sites for hydroxylation is 3. The number of benzene rings is 2. The first kappa shape index (κ1) is 29.7. The van der Waals surface area contributed by atoms with Crippen molar-refractivity contribution in [2.45, 2.75) is 62.3 Å². The van der Waals surface area contributed by atoms with Crippen molar-refractivity contribution in [3.05, 3.63) is 76.8 Å². The fourth-order valence-electron chi connectivity index (χ4n) is 3.10. The Morgan fingerprint density at radius 2 is 1.59 bits per heavy atom. The number of ketones is 1. The summed E-state index contributed by atoms with van der Waals surface area (Å²) < 4.78 is 13.3. The minimum Gasteiger partial charge on any atom is -0.512 e. The van der Waals surface area contributed by atoms with Crippen LogP contribution in [0.15, 0.2) is 48.2 Å². The number of allylic oxidation sites excluding steroid dienone is 2. The van der Waals surface area contributed by atoms with Crippen LogP contribution in [0.1, 0.15) is 58.2 Å². The van der Waals surface area contributed by atoms with E-state index >= 15 is 0 Å². The molecule has 0 aliphatic carbocycles. The molecule has 3 nitrogen and oxygen atoms in total. The van der Waals surface area contributed by atoms with Gasteiger partial charge in [0.05, 0.1) is 5.52 Å². The first-order valence-electron chi connectivity index (χ1n) is 11.1. The van der Waals surface area contributed by atoms with Gasteiger partial charge in [-0.25, -0.2) is 4.39 Å². The van der Waals surface area contributed by atoms with Crippen molar-refractivity contribution in [2.24, 2.45) is 10.8 Å². The summed E-state index contributed by atoms with van der Waals surface area (Å²) in [6.07, 6.45) is 1.33. The minimum absolute atomic E-state index is 0. The molecule has 0 saturated heterocycles. The van der Waals surface area contributed by atoms with Gasteiger partial charge in [0.25, 0.3) is 0 Å². The largest absolute Gasteiger partial charge is 0.512 e. The average Bonchev–Trinajstić information content (AvgIpc) is 2.66. The maximum atomic E-state index is 13.3. The van der Waals surface area contributed by atoms with Crippen LogP contribution in [-0.4, -0.2) is 15.9 Å². The molecule has 0 atom stereocenters. The van der Waals surface area contributed by atoms with E-state index in [4.69, 9.17) is 0 Å². The minimum atomic E-state index is -0.417. The number of aromatic nitrogens is 1. The molecule has 185 valence electrons. The van der Waals surface area contributed by atoms with E-state index in [1.807, 2.05) is 61.5 Å². The van der Waals surface area contributed by atoms with Gasteiger partial charge in [-0.15, -0.1) is 34.9 Å². The maximum Gasteiger partial charge on any atom is 0.164 e. The van der Waals surface area contributed by atoms with Crippen molar-refractivity contribution >= 4 is 16.7 Å². The number of aliphatic hydroxyl groups excluding tert-OH is 1. The molecule has 2 aromatic carbocycles. The number of hydrogen-bond acceptors (Lipinski definition) is 3. The molecule has 5 heteroatoms. The molecule has 0 fully saturated rings. The number of carbonyl (C=O) groups is 1. The second-order valence-electron chi connectivity index (χ2n) is 10.6. The van der Waals surface area contributed by atoms with Gasteiger partial charge in [-0.3, -0.25) is 9.78 Å². The zero-order chi connectivity index (χ0) is 25.1. The van der Waals surface area contributed by atoms with Gasteiger partial charge in [0, 0.05) is 42.4 Å². The molecule has 0 unspecified atom stereocenters. The molecular formula is C29H35FIrNO2-. The Bertz CT molecular complexity index is 1180. The van der Waals surface area contributed by atoms with Gasteiger partial charge in [-0.05, 0) is 36.4 Å². The second-order valence-corrected chi connectivity index (χ2v) is 10.6. The molecule has 1 heterocycles. The molecule has 0 saturated carbocycles. The van der Waals surface area contributed by atoms with E-state index in [2.05, 4.69) is 30.1 Å². The van der Waals surface area contributed by atoms with Gasteiger partial charge in [0.2, 0.25) is 0 Å². The molecule has 3 aromatic rings. The van der Waals surface area contributed by atoms with Crippen LogP contribution in [0.4, 0.5) is 4.39 Å². The predicted octanol–water partition coefficient (Wildman–Crippen LogP) is 7.85. The molecular weight excluding hydrogens is 606 g/mol. The van der Waals surface area contributed by atoms with Gasteiger partial charge in [0.15, 0.2) is 5.78 Å². The van der Waals surface area contributed by atoms with E-state index in [0.717, 1.165) is 33.3 Å². The molecule has 0 amide bonds. The normalized spacial score (nSPS) is 12.0. The van der Waals surface area contributed by atoms with Gasteiger partial charge >= 0.3 is 0 Å². The summed E-state index contributed by atoms with van der Waals surface area (Å²) in [6.45, 7) is 17.2. The standard InChI is InChI=1S/C18H15FN.C11H20O2.Ir/c1-11-6-12(2)8-14(7-11)18-9-13(3)16-10-15(19)4-5-17(16)20-18;1-10(2,3)8(12)7-9(13)11(4,5)6;/h4-7,9-10H,1-3H3;7,12H,1-6H3;/q-1;;/b;8-7-;. The monoisotopic (exact) mass is 641 g/mol. The van der Waals surface area contributed by atoms with Gasteiger partial charge in [-0.2, -0.15) is 0 Å². The Labute approximate surface area is 216 Å². The van der Waals surface area contributed by atoms with Crippen molar-refractivity contribution in [1.29, 1.82) is 0 Å². The van der Waals surface area contributed by atoms with Crippen LogP contribution in [0, 0.1) is 43.5 Å². The Hall–Kier alpha value is -2.36. The van der Waals surface area contributed by atoms with Crippen molar-refractivity contribution in [2.75, 3.05) is 0 Å². The zero-order valence-electron chi connectivity index (χ0n) is 21.6. The third kappa shape index (κ3) is 8.14. The van der Waals surface area contributed by atoms with Crippen LogP contribution < -0.4 is 0 Å². The molecule has 1 aromatic heterocycles. The number of hydrogen-bond donors (Lipinski definition) is 1. The maximum absolute atomic E-state index is 13.3. The van der Waals surface area contributed by atoms with Crippen molar-refractivity contribution in [3.63, 3.8) is 0 Å². The van der Waals surface area contributed by atoms with Gasteiger partial charge in [-0.1, -0.05) is 61.5 Å². The van der Waals surface area contributed by atoms with Crippen LogP contribution >= 0.6 is 0 Å². The predicted molar refractivity (Wildman–Crippen MR) is 135 cm³/mol. The van der Waals surface area contributed by atoms with Crippen molar-refractivity contribution < 1.29 is 34.4 Å². The number of aliphatic hydroxyl groups is 1. The Morgan fingerprint density at radius 3 is 2.12 bits per heavy atom. The topological polar surface area (TPSA) is 50.2 Å². The molecule has 34 heavy (non-hydrogen) atoms. The van der Waals surface area contributed by atoms with Crippen LogP contribution in [0.3, 0.4) is 0 Å². The average molecular weight is 641 g/mol. The van der Waals surface area contributed by atoms with Crippen LogP contribution in [0.25, 0.3) is 22.2 Å². The first-order chi connectivity index (χ1) is 15.1. The van der Waals surface area contributed by atoms with Gasteiger partial charge < -0.3 is 5.11 Å². The molecule has 1 radical (unpaired) electrons. The Kier molecular flexibility index (Phi) is 9.93. The summed E-state index contributed by atoms with van der Waals surface area (Å²) in [6, 6.07) is 14.2. The van der Waals surface area contributed by atoms with E-state index in [1.165, 1.54) is 23.8 Å². The number of halogens is 1. The van der Waals surface area contributed by atoms with Crippen LogP contribution in [-0.2, 0) is 24.9 Å². The molecule has 0 bridgehead atoms. The molecule has 1 N–H and O–H groups in total. The Morgan fingerprint density at radius 1 is 0.971 bits per heavy atom. The third-order valence-electron chi connectivity index (χ3n) is 5.18. The quantitative estimate of drug-likeness (QED) is 0.176. The Balaban J connectivity index is 0.000000364.